The predicted octanol–water partition coefficient (Wildman–Crippen LogP) is 3.85. The Labute approximate surface area is 121 Å². The summed E-state index contributed by atoms with van der Waals surface area (Å²) in [6, 6.07) is 0. The van der Waals surface area contributed by atoms with Gasteiger partial charge in [0.2, 0.25) is 0 Å². The molecule has 0 amide bonds. The predicted molar refractivity (Wildman–Crippen MR) is 80.6 cm³/mol. The Bertz CT molecular complexity index is 417. The summed E-state index contributed by atoms with van der Waals surface area (Å²) in [5, 5.41) is 5.31. The van der Waals surface area contributed by atoms with E-state index in [1.807, 2.05) is 11.6 Å². The third-order valence-electron chi connectivity index (χ3n) is 4.32. The molecule has 2 rings (SSSR count). The lowest BCUT2D eigenvalue weighted by atomic mass is 9.81. The molecule has 0 atom stereocenters. The molecule has 0 saturated heterocycles. The number of hydrogen-bond donors (Lipinski definition) is 1. The highest BCUT2D eigenvalue weighted by Crippen LogP contribution is 2.31. The van der Waals surface area contributed by atoms with Gasteiger partial charge in [0.25, 0.3) is 0 Å². The summed E-state index contributed by atoms with van der Waals surface area (Å²) >= 11 is 6.41. The topological polar surface area (TPSA) is 43.8 Å². The summed E-state index contributed by atoms with van der Waals surface area (Å²) in [6.45, 7) is 4.94. The standard InChI is InChI=1S/C15H26ClN3/c1-3-19-13(14(16)12(2)18-19)11-15(17)9-7-5-4-6-8-10-15/h3-11,17H2,1-2H3. The Morgan fingerprint density at radius 2 is 1.79 bits per heavy atom. The van der Waals surface area contributed by atoms with E-state index in [1.54, 1.807) is 0 Å². The molecule has 2 N–H and O–H groups in total. The van der Waals surface area contributed by atoms with Crippen LogP contribution >= 0.6 is 11.6 Å². The average Bonchev–Trinajstić information content (AvgIpc) is 2.62. The molecule has 1 aromatic rings. The highest BCUT2D eigenvalue weighted by molar-refractivity contribution is 6.31. The maximum Gasteiger partial charge on any atom is 0.0847 e. The quantitative estimate of drug-likeness (QED) is 0.916. The van der Waals surface area contributed by atoms with Gasteiger partial charge in [-0.05, 0) is 26.7 Å². The van der Waals surface area contributed by atoms with Gasteiger partial charge in [-0.2, -0.15) is 5.10 Å². The monoisotopic (exact) mass is 283 g/mol. The van der Waals surface area contributed by atoms with Crippen molar-refractivity contribution in [2.45, 2.75) is 77.3 Å². The number of nitrogens with two attached hydrogens (primary N) is 1. The Morgan fingerprint density at radius 3 is 2.37 bits per heavy atom. The number of rotatable bonds is 3. The van der Waals surface area contributed by atoms with E-state index in [-0.39, 0.29) is 5.54 Å². The van der Waals surface area contributed by atoms with Crippen LogP contribution in [0.1, 0.15) is 63.3 Å². The molecular weight excluding hydrogens is 258 g/mol. The van der Waals surface area contributed by atoms with Crippen molar-refractivity contribution in [1.82, 2.24) is 9.78 Å². The van der Waals surface area contributed by atoms with Crippen molar-refractivity contribution >= 4 is 11.6 Å². The van der Waals surface area contributed by atoms with Crippen LogP contribution in [-0.4, -0.2) is 15.3 Å². The van der Waals surface area contributed by atoms with Gasteiger partial charge in [-0.1, -0.05) is 43.7 Å². The minimum Gasteiger partial charge on any atom is -0.325 e. The van der Waals surface area contributed by atoms with Crippen molar-refractivity contribution in [3.8, 4) is 0 Å². The minimum absolute atomic E-state index is 0.0938. The summed E-state index contributed by atoms with van der Waals surface area (Å²) in [5.41, 5.74) is 8.62. The molecule has 0 radical (unpaired) electrons. The van der Waals surface area contributed by atoms with Crippen molar-refractivity contribution in [3.63, 3.8) is 0 Å². The smallest absolute Gasteiger partial charge is 0.0847 e. The Morgan fingerprint density at radius 1 is 1.21 bits per heavy atom. The average molecular weight is 284 g/mol. The molecule has 0 unspecified atom stereocenters. The first-order chi connectivity index (χ1) is 9.06. The molecule has 0 aliphatic heterocycles. The normalized spacial score (nSPS) is 20.0. The first-order valence-electron chi connectivity index (χ1n) is 7.56. The molecule has 3 nitrogen and oxygen atoms in total. The Hall–Kier alpha value is -0.540. The number of hydrogen-bond acceptors (Lipinski definition) is 2. The first kappa shape index (κ1) is 14.9. The van der Waals surface area contributed by atoms with Crippen molar-refractivity contribution in [1.29, 1.82) is 0 Å². The Kier molecular flexibility index (Phi) is 4.91. The van der Waals surface area contributed by atoms with E-state index in [9.17, 15) is 0 Å². The van der Waals surface area contributed by atoms with Crippen LogP contribution < -0.4 is 5.73 Å². The van der Waals surface area contributed by atoms with E-state index in [4.69, 9.17) is 17.3 Å². The van der Waals surface area contributed by atoms with Gasteiger partial charge in [0.1, 0.15) is 0 Å². The van der Waals surface area contributed by atoms with E-state index in [0.29, 0.717) is 0 Å². The summed E-state index contributed by atoms with van der Waals surface area (Å²) in [7, 11) is 0. The van der Waals surface area contributed by atoms with Gasteiger partial charge in [0, 0.05) is 18.5 Å². The highest BCUT2D eigenvalue weighted by Gasteiger charge is 2.29. The summed E-state index contributed by atoms with van der Waals surface area (Å²) in [6.07, 6.45) is 9.57. The second-order valence-corrected chi connectivity index (χ2v) is 6.35. The van der Waals surface area contributed by atoms with Gasteiger partial charge < -0.3 is 5.73 Å². The fraction of sp³-hybridized carbons (Fsp3) is 0.800. The fourth-order valence-electron chi connectivity index (χ4n) is 3.16. The van der Waals surface area contributed by atoms with E-state index >= 15 is 0 Å². The molecule has 0 spiro atoms. The number of nitrogens with zero attached hydrogens (tertiary/aromatic N) is 2. The van der Waals surface area contributed by atoms with Crippen LogP contribution in [-0.2, 0) is 13.0 Å². The molecule has 1 fully saturated rings. The van der Waals surface area contributed by atoms with Crippen LogP contribution in [0.3, 0.4) is 0 Å². The summed E-state index contributed by atoms with van der Waals surface area (Å²) in [4.78, 5) is 0. The van der Waals surface area contributed by atoms with Crippen LogP contribution in [0.2, 0.25) is 5.02 Å². The molecule has 19 heavy (non-hydrogen) atoms. The zero-order chi connectivity index (χ0) is 13.9. The van der Waals surface area contributed by atoms with Gasteiger partial charge in [-0.15, -0.1) is 0 Å². The summed E-state index contributed by atoms with van der Waals surface area (Å²) in [5.74, 6) is 0. The molecule has 0 aromatic carbocycles. The van der Waals surface area contributed by atoms with Gasteiger partial charge in [-0.25, -0.2) is 0 Å². The van der Waals surface area contributed by atoms with Crippen molar-refractivity contribution in [2.24, 2.45) is 5.73 Å². The van der Waals surface area contributed by atoms with Crippen molar-refractivity contribution < 1.29 is 0 Å². The highest BCUT2D eigenvalue weighted by atomic mass is 35.5. The largest absolute Gasteiger partial charge is 0.325 e. The second kappa shape index (κ2) is 6.27. The van der Waals surface area contributed by atoms with Crippen LogP contribution in [0, 0.1) is 6.92 Å². The van der Waals surface area contributed by atoms with Crippen molar-refractivity contribution in [2.75, 3.05) is 0 Å². The zero-order valence-electron chi connectivity index (χ0n) is 12.2. The first-order valence-corrected chi connectivity index (χ1v) is 7.94. The minimum atomic E-state index is -0.0938. The third kappa shape index (κ3) is 3.51. The molecule has 1 saturated carbocycles. The van der Waals surface area contributed by atoms with Crippen LogP contribution in [0.4, 0.5) is 0 Å². The lowest BCUT2D eigenvalue weighted by molar-refractivity contribution is 0.308. The molecule has 0 bridgehead atoms. The van der Waals surface area contributed by atoms with Crippen LogP contribution in [0.5, 0.6) is 0 Å². The summed E-state index contributed by atoms with van der Waals surface area (Å²) < 4.78 is 2.02. The third-order valence-corrected chi connectivity index (χ3v) is 4.81. The maximum absolute atomic E-state index is 6.66. The molecule has 1 aliphatic rings. The second-order valence-electron chi connectivity index (χ2n) is 5.97. The molecule has 1 heterocycles. The SMILES string of the molecule is CCn1nc(C)c(Cl)c1CC1(N)CCCCCCC1. The molecular formula is C15H26ClN3. The van der Waals surface area contributed by atoms with E-state index in [0.717, 1.165) is 42.2 Å². The molecule has 1 aromatic heterocycles. The van der Waals surface area contributed by atoms with Crippen LogP contribution in [0.25, 0.3) is 0 Å². The van der Waals surface area contributed by atoms with Gasteiger partial charge in [-0.3, -0.25) is 4.68 Å². The van der Waals surface area contributed by atoms with Crippen molar-refractivity contribution in [3.05, 3.63) is 16.4 Å². The number of halogens is 1. The lowest BCUT2D eigenvalue weighted by Gasteiger charge is -2.31. The van der Waals surface area contributed by atoms with Crippen LogP contribution in [0.15, 0.2) is 0 Å². The molecule has 1 aliphatic carbocycles. The van der Waals surface area contributed by atoms with E-state index in [1.165, 1.54) is 32.1 Å². The maximum atomic E-state index is 6.66. The fourth-order valence-corrected chi connectivity index (χ4v) is 3.36. The van der Waals surface area contributed by atoms with Gasteiger partial charge >= 0.3 is 0 Å². The van der Waals surface area contributed by atoms with E-state index in [2.05, 4.69) is 12.0 Å². The zero-order valence-corrected chi connectivity index (χ0v) is 13.0. The number of aromatic nitrogens is 2. The van der Waals surface area contributed by atoms with E-state index < -0.39 is 0 Å². The Balaban J connectivity index is 2.18. The molecule has 4 heteroatoms. The lowest BCUT2D eigenvalue weighted by Crippen LogP contribution is -2.43. The van der Waals surface area contributed by atoms with Gasteiger partial charge in [0.05, 0.1) is 16.4 Å². The number of aryl methyl sites for hydroxylation is 2. The molecule has 108 valence electrons. The van der Waals surface area contributed by atoms with Gasteiger partial charge in [0.15, 0.2) is 0 Å².